The van der Waals surface area contributed by atoms with Crippen molar-refractivity contribution in [2.24, 2.45) is 0 Å². The van der Waals surface area contributed by atoms with Crippen LogP contribution in [0.3, 0.4) is 0 Å². The molecule has 0 bridgehead atoms. The number of hydrogen-bond donors (Lipinski definition) is 0. The van der Waals surface area contributed by atoms with Crippen molar-refractivity contribution in [1.29, 1.82) is 0 Å². The Kier molecular flexibility index (Phi) is 14.8. The van der Waals surface area contributed by atoms with Crippen LogP contribution in [0.5, 0.6) is 0 Å². The molecule has 0 amide bonds. The lowest BCUT2D eigenvalue weighted by Crippen LogP contribution is -1.84. The average molecular weight is 805 g/mol. The van der Waals surface area contributed by atoms with Crippen molar-refractivity contribution in [1.82, 2.24) is 0 Å². The molecule has 0 atom stereocenters. The maximum atomic E-state index is 2.26. The van der Waals surface area contributed by atoms with E-state index in [1.54, 1.807) is 0 Å². The maximum absolute atomic E-state index is 2.26. The standard InChI is InChI=1S/2C11H10.4C10H10/c1-9-5-4-7-10-6-2-3-8-11(9)10;1-9-6-7-10-4-2-3-5-11(10)8-9;2*1-8-4-2-5-9-6-3-7-10(8)9;2*1-8-5-6-9-3-2-4-10(9)7-8/h2*2-8H,1H3;2*2-6H,7H2,1H3;2*2-3,5-7H,4H2,1H3. The van der Waals surface area contributed by atoms with E-state index in [4.69, 9.17) is 0 Å². The molecular weight excluding hydrogens is 745 g/mol. The molecule has 0 heterocycles. The van der Waals surface area contributed by atoms with Crippen LogP contribution >= 0.6 is 0 Å². The largest absolute Gasteiger partial charge is 0.0795 e. The van der Waals surface area contributed by atoms with E-state index in [0.717, 1.165) is 25.7 Å². The Hall–Kier alpha value is -6.76. The summed E-state index contributed by atoms with van der Waals surface area (Å²) in [5.41, 5.74) is 19.8. The molecule has 0 unspecified atom stereocenters. The molecular formula is C62H60. The zero-order valence-corrected chi connectivity index (χ0v) is 37.5. The van der Waals surface area contributed by atoms with Gasteiger partial charge in [0.15, 0.2) is 0 Å². The Morgan fingerprint density at radius 2 is 0.710 bits per heavy atom. The third kappa shape index (κ3) is 11.5. The van der Waals surface area contributed by atoms with Gasteiger partial charge in [0.25, 0.3) is 0 Å². The minimum atomic E-state index is 1.12. The van der Waals surface area contributed by atoms with Crippen LogP contribution < -0.4 is 0 Å². The van der Waals surface area contributed by atoms with Gasteiger partial charge >= 0.3 is 0 Å². The van der Waals surface area contributed by atoms with E-state index >= 15 is 0 Å². The zero-order valence-electron chi connectivity index (χ0n) is 37.5. The molecule has 0 spiro atoms. The van der Waals surface area contributed by atoms with E-state index in [0.29, 0.717) is 0 Å². The predicted octanol–water partition coefficient (Wildman–Crippen LogP) is 16.6. The molecule has 308 valence electrons. The Labute approximate surface area is 371 Å². The molecule has 62 heavy (non-hydrogen) atoms. The van der Waals surface area contributed by atoms with Gasteiger partial charge in [-0.1, -0.05) is 223 Å². The first-order chi connectivity index (χ1) is 30.2. The van der Waals surface area contributed by atoms with E-state index in [9.17, 15) is 0 Å². The van der Waals surface area contributed by atoms with Gasteiger partial charge in [0, 0.05) is 0 Å². The number of benzene rings is 8. The molecule has 4 aliphatic carbocycles. The summed E-state index contributed by atoms with van der Waals surface area (Å²) in [5.74, 6) is 0. The second kappa shape index (κ2) is 21.2. The van der Waals surface area contributed by atoms with Gasteiger partial charge in [-0.3, -0.25) is 0 Å². The van der Waals surface area contributed by atoms with Crippen molar-refractivity contribution in [3.63, 3.8) is 0 Å². The summed E-state index contributed by atoms with van der Waals surface area (Å²) in [6.07, 6.45) is 22.1. The molecule has 8 aromatic rings. The molecule has 0 radical (unpaired) electrons. The van der Waals surface area contributed by atoms with Crippen LogP contribution in [-0.2, 0) is 25.7 Å². The second-order valence-corrected chi connectivity index (χ2v) is 16.8. The average Bonchev–Trinajstić information content (AvgIpc) is 4.14. The quantitative estimate of drug-likeness (QED) is 0.143. The van der Waals surface area contributed by atoms with Crippen LogP contribution in [0.1, 0.15) is 77.9 Å². The van der Waals surface area contributed by atoms with E-state index < -0.39 is 0 Å². The van der Waals surface area contributed by atoms with Gasteiger partial charge in [-0.25, -0.2) is 0 Å². The summed E-state index contributed by atoms with van der Waals surface area (Å²) in [5, 5.41) is 5.33. The van der Waals surface area contributed by atoms with Crippen LogP contribution in [0.25, 0.3) is 45.8 Å². The van der Waals surface area contributed by atoms with Crippen molar-refractivity contribution in [2.75, 3.05) is 0 Å². The summed E-state index contributed by atoms with van der Waals surface area (Å²) in [6.45, 7) is 12.9. The highest BCUT2D eigenvalue weighted by Crippen LogP contribution is 2.24. The Bertz CT molecular complexity index is 2770. The van der Waals surface area contributed by atoms with Crippen molar-refractivity contribution in [3.8, 4) is 0 Å². The van der Waals surface area contributed by atoms with Crippen molar-refractivity contribution in [2.45, 2.75) is 67.2 Å². The minimum Gasteiger partial charge on any atom is -0.0795 e. The highest BCUT2D eigenvalue weighted by molar-refractivity contribution is 5.85. The van der Waals surface area contributed by atoms with E-state index in [1.165, 1.54) is 99.4 Å². The number of rotatable bonds is 0. The first-order valence-corrected chi connectivity index (χ1v) is 22.1. The summed E-state index contributed by atoms with van der Waals surface area (Å²) < 4.78 is 0. The predicted molar refractivity (Wildman–Crippen MR) is 273 cm³/mol. The molecule has 0 N–H and O–H groups in total. The Morgan fingerprint density at radius 3 is 1.26 bits per heavy atom. The number of hydrogen-bond acceptors (Lipinski definition) is 0. The molecule has 0 heteroatoms. The van der Waals surface area contributed by atoms with E-state index in [2.05, 4.69) is 248 Å². The number of allylic oxidation sites excluding steroid dienone is 4. The van der Waals surface area contributed by atoms with Crippen LogP contribution in [0.15, 0.2) is 182 Å². The zero-order chi connectivity index (χ0) is 43.3. The van der Waals surface area contributed by atoms with Crippen molar-refractivity contribution < 1.29 is 0 Å². The summed E-state index contributed by atoms with van der Waals surface area (Å²) in [4.78, 5) is 0. The third-order valence-electron chi connectivity index (χ3n) is 11.9. The van der Waals surface area contributed by atoms with Gasteiger partial charge in [0.05, 0.1) is 0 Å². The first kappa shape index (κ1) is 43.3. The highest BCUT2D eigenvalue weighted by Gasteiger charge is 2.07. The topological polar surface area (TPSA) is 0 Å². The fraction of sp³-hybridized carbons (Fsp3) is 0.161. The van der Waals surface area contributed by atoms with Gasteiger partial charge in [-0.05, 0) is 150 Å². The molecule has 12 rings (SSSR count). The summed E-state index contributed by atoms with van der Waals surface area (Å²) in [7, 11) is 0. The molecule has 0 fully saturated rings. The van der Waals surface area contributed by atoms with E-state index in [-0.39, 0.29) is 0 Å². The fourth-order valence-corrected chi connectivity index (χ4v) is 8.40. The van der Waals surface area contributed by atoms with Gasteiger partial charge in [0.2, 0.25) is 0 Å². The van der Waals surface area contributed by atoms with Crippen molar-refractivity contribution in [3.05, 3.63) is 260 Å². The maximum Gasteiger partial charge on any atom is -0.00855 e. The highest BCUT2D eigenvalue weighted by atomic mass is 14.1. The normalized spacial score (nSPS) is 12.5. The lowest BCUT2D eigenvalue weighted by atomic mass is 10.0. The first-order valence-electron chi connectivity index (χ1n) is 22.1. The SMILES string of the molecule is Cc1ccc2c(c1)CC=C2.Cc1ccc2c(c1)CC=C2.Cc1ccc2ccccc2c1.Cc1cccc2c1CC=C2.Cc1cccc2c1CC=C2.Cc1cccc2ccccc12. The molecule has 0 saturated carbocycles. The molecule has 0 nitrogen and oxygen atoms in total. The lowest BCUT2D eigenvalue weighted by molar-refractivity contribution is 1.24. The van der Waals surface area contributed by atoms with Gasteiger partial charge in [0.1, 0.15) is 0 Å². The summed E-state index contributed by atoms with van der Waals surface area (Å²) in [6, 6.07) is 55.9. The molecule has 0 aliphatic heterocycles. The Morgan fingerprint density at radius 1 is 0.290 bits per heavy atom. The van der Waals surface area contributed by atoms with Crippen LogP contribution in [0.2, 0.25) is 0 Å². The Balaban J connectivity index is 0.000000112. The fourth-order valence-electron chi connectivity index (χ4n) is 8.40. The van der Waals surface area contributed by atoms with Crippen LogP contribution in [0.4, 0.5) is 0 Å². The molecule has 4 aliphatic rings. The van der Waals surface area contributed by atoms with E-state index in [1.807, 2.05) is 0 Å². The second-order valence-electron chi connectivity index (χ2n) is 16.8. The number of fused-ring (bicyclic) bond motifs is 6. The van der Waals surface area contributed by atoms with Gasteiger partial charge in [-0.15, -0.1) is 0 Å². The number of aryl methyl sites for hydroxylation is 6. The monoisotopic (exact) mass is 804 g/mol. The third-order valence-corrected chi connectivity index (χ3v) is 11.9. The van der Waals surface area contributed by atoms with Crippen LogP contribution in [0, 0.1) is 41.5 Å². The van der Waals surface area contributed by atoms with Gasteiger partial charge in [-0.2, -0.15) is 0 Å². The lowest BCUT2D eigenvalue weighted by Gasteiger charge is -2.00. The smallest absolute Gasteiger partial charge is 0.00855 e. The molecule has 8 aromatic carbocycles. The minimum absolute atomic E-state index is 1.12. The molecule has 0 aromatic heterocycles. The van der Waals surface area contributed by atoms with Crippen molar-refractivity contribution >= 4 is 45.8 Å². The summed E-state index contributed by atoms with van der Waals surface area (Å²) >= 11 is 0. The molecule has 0 saturated heterocycles. The van der Waals surface area contributed by atoms with Crippen LogP contribution in [-0.4, -0.2) is 0 Å². The van der Waals surface area contributed by atoms with Gasteiger partial charge < -0.3 is 0 Å².